The Kier molecular flexibility index (Phi) is 9.58. The molecule has 1 aromatic heterocycles. The number of piperidine rings is 1. The molecule has 2 N–H and O–H groups in total. The van der Waals surface area contributed by atoms with Crippen molar-refractivity contribution < 1.29 is 4.79 Å². The number of rotatable bonds is 5. The van der Waals surface area contributed by atoms with E-state index < -0.39 is 0 Å². The minimum absolute atomic E-state index is 0. The van der Waals surface area contributed by atoms with Crippen LogP contribution in [-0.4, -0.2) is 59.5 Å². The highest BCUT2D eigenvalue weighted by Crippen LogP contribution is 2.15. The van der Waals surface area contributed by atoms with Gasteiger partial charge in [-0.1, -0.05) is 6.92 Å². The van der Waals surface area contributed by atoms with Crippen molar-refractivity contribution in [2.75, 3.05) is 32.7 Å². The number of aliphatic imine (C=N–C) groups is 1. The summed E-state index contributed by atoms with van der Waals surface area (Å²) in [7, 11) is 0. The Bertz CT molecular complexity index is 517. The molecular formula is C16H27IN6O. The largest absolute Gasteiger partial charge is 0.357 e. The number of halogens is 1. The van der Waals surface area contributed by atoms with E-state index in [0.29, 0.717) is 18.8 Å². The van der Waals surface area contributed by atoms with Crippen LogP contribution in [0.15, 0.2) is 23.6 Å². The first-order valence-corrected chi connectivity index (χ1v) is 8.28. The predicted molar refractivity (Wildman–Crippen MR) is 106 cm³/mol. The average Bonchev–Trinajstić information content (AvgIpc) is 2.59. The van der Waals surface area contributed by atoms with Gasteiger partial charge in [0.2, 0.25) is 0 Å². The van der Waals surface area contributed by atoms with Crippen molar-refractivity contribution in [3.05, 3.63) is 24.3 Å². The van der Waals surface area contributed by atoms with Gasteiger partial charge >= 0.3 is 0 Å². The second-order valence-electron chi connectivity index (χ2n) is 5.75. The lowest BCUT2D eigenvalue weighted by atomic mass is 10.00. The van der Waals surface area contributed by atoms with E-state index in [2.05, 4.69) is 44.3 Å². The van der Waals surface area contributed by atoms with Gasteiger partial charge in [-0.3, -0.25) is 14.8 Å². The van der Waals surface area contributed by atoms with Crippen molar-refractivity contribution in [1.29, 1.82) is 0 Å². The first kappa shape index (κ1) is 20.6. The molecule has 0 atom stereocenters. The molecule has 1 aliphatic heterocycles. The van der Waals surface area contributed by atoms with Gasteiger partial charge in [0.1, 0.15) is 5.69 Å². The lowest BCUT2D eigenvalue weighted by Crippen LogP contribution is -2.45. The van der Waals surface area contributed by atoms with E-state index in [0.717, 1.165) is 31.5 Å². The molecule has 1 fully saturated rings. The number of hydrogen-bond donors (Lipinski definition) is 2. The summed E-state index contributed by atoms with van der Waals surface area (Å²) in [4.78, 5) is 26.6. The second-order valence-corrected chi connectivity index (χ2v) is 5.75. The SMILES string of the molecule is CCNC(=NCCNC(=O)c1cnccn1)N1CCC(C)CC1.I. The lowest BCUT2D eigenvalue weighted by Gasteiger charge is -2.33. The van der Waals surface area contributed by atoms with E-state index in [4.69, 9.17) is 0 Å². The molecule has 8 heteroatoms. The highest BCUT2D eigenvalue weighted by atomic mass is 127. The number of nitrogens with zero attached hydrogens (tertiary/aromatic N) is 4. The summed E-state index contributed by atoms with van der Waals surface area (Å²) in [5.74, 6) is 1.51. The van der Waals surface area contributed by atoms with Crippen molar-refractivity contribution in [3.8, 4) is 0 Å². The van der Waals surface area contributed by atoms with Gasteiger partial charge in [0, 0.05) is 38.6 Å². The van der Waals surface area contributed by atoms with Gasteiger partial charge in [-0.05, 0) is 25.7 Å². The van der Waals surface area contributed by atoms with E-state index in [9.17, 15) is 4.79 Å². The fraction of sp³-hybridized carbons (Fsp3) is 0.625. The molecule has 134 valence electrons. The van der Waals surface area contributed by atoms with Crippen molar-refractivity contribution in [2.24, 2.45) is 10.9 Å². The molecule has 2 heterocycles. The third-order valence-corrected chi connectivity index (χ3v) is 3.87. The fourth-order valence-electron chi connectivity index (χ4n) is 2.48. The maximum Gasteiger partial charge on any atom is 0.271 e. The standard InChI is InChI=1S/C16H26N6O.HI/c1-3-18-16(22-10-4-13(2)5-11-22)21-9-8-20-15(23)14-12-17-6-7-19-14;/h6-7,12-13H,3-5,8-11H2,1-2H3,(H,18,21)(H,20,23);1H. The quantitative estimate of drug-likeness (QED) is 0.310. The van der Waals surface area contributed by atoms with Crippen LogP contribution in [0.4, 0.5) is 0 Å². The zero-order chi connectivity index (χ0) is 16.5. The highest BCUT2D eigenvalue weighted by molar-refractivity contribution is 14.0. The van der Waals surface area contributed by atoms with E-state index in [-0.39, 0.29) is 29.9 Å². The summed E-state index contributed by atoms with van der Waals surface area (Å²) in [6.07, 6.45) is 6.91. The molecular weight excluding hydrogens is 419 g/mol. The van der Waals surface area contributed by atoms with Crippen LogP contribution in [0.2, 0.25) is 0 Å². The molecule has 0 aliphatic carbocycles. The third kappa shape index (κ3) is 6.58. The van der Waals surface area contributed by atoms with E-state index >= 15 is 0 Å². The fourth-order valence-corrected chi connectivity index (χ4v) is 2.48. The summed E-state index contributed by atoms with van der Waals surface area (Å²) in [5, 5.41) is 6.14. The first-order chi connectivity index (χ1) is 11.2. The van der Waals surface area contributed by atoms with Gasteiger partial charge in [-0.2, -0.15) is 0 Å². The topological polar surface area (TPSA) is 82.5 Å². The minimum atomic E-state index is -0.218. The molecule has 7 nitrogen and oxygen atoms in total. The molecule has 0 radical (unpaired) electrons. The maximum absolute atomic E-state index is 11.9. The van der Waals surface area contributed by atoms with Crippen molar-refractivity contribution >= 4 is 35.8 Å². The Morgan fingerprint density at radius 3 is 2.71 bits per heavy atom. The molecule has 0 saturated carbocycles. The second kappa shape index (κ2) is 11.2. The van der Waals surface area contributed by atoms with Crippen LogP contribution in [0.3, 0.4) is 0 Å². The maximum atomic E-state index is 11.9. The number of likely N-dealkylation sites (tertiary alicyclic amines) is 1. The third-order valence-electron chi connectivity index (χ3n) is 3.87. The number of carbonyl (C=O) groups excluding carboxylic acids is 1. The van der Waals surface area contributed by atoms with Crippen LogP contribution >= 0.6 is 24.0 Å². The molecule has 1 saturated heterocycles. The number of hydrogen-bond acceptors (Lipinski definition) is 4. The van der Waals surface area contributed by atoms with E-state index in [1.54, 1.807) is 6.20 Å². The van der Waals surface area contributed by atoms with E-state index in [1.165, 1.54) is 25.2 Å². The Morgan fingerprint density at radius 2 is 2.08 bits per heavy atom. The first-order valence-electron chi connectivity index (χ1n) is 8.28. The Morgan fingerprint density at radius 1 is 1.33 bits per heavy atom. The summed E-state index contributed by atoms with van der Waals surface area (Å²) >= 11 is 0. The Labute approximate surface area is 160 Å². The molecule has 0 bridgehead atoms. The van der Waals surface area contributed by atoms with Crippen molar-refractivity contribution in [3.63, 3.8) is 0 Å². The van der Waals surface area contributed by atoms with Crippen LogP contribution in [0.25, 0.3) is 0 Å². The van der Waals surface area contributed by atoms with Crippen LogP contribution in [0.1, 0.15) is 37.2 Å². The normalized spacial score (nSPS) is 15.6. The number of guanidine groups is 1. The monoisotopic (exact) mass is 446 g/mol. The molecule has 0 aromatic carbocycles. The molecule has 24 heavy (non-hydrogen) atoms. The number of nitrogens with one attached hydrogen (secondary N) is 2. The van der Waals surface area contributed by atoms with Crippen molar-refractivity contribution in [1.82, 2.24) is 25.5 Å². The molecule has 1 amide bonds. The number of amides is 1. The smallest absolute Gasteiger partial charge is 0.271 e. The van der Waals surface area contributed by atoms with Crippen molar-refractivity contribution in [2.45, 2.75) is 26.7 Å². The summed E-state index contributed by atoms with van der Waals surface area (Å²) in [6.45, 7) is 8.31. The van der Waals surface area contributed by atoms with Gasteiger partial charge in [0.05, 0.1) is 12.7 Å². The average molecular weight is 446 g/mol. The van der Waals surface area contributed by atoms with Gasteiger partial charge in [0.15, 0.2) is 5.96 Å². The molecule has 1 aliphatic rings. The summed E-state index contributed by atoms with van der Waals surface area (Å²) in [6, 6.07) is 0. The van der Waals surface area contributed by atoms with Gasteiger partial charge in [0.25, 0.3) is 5.91 Å². The van der Waals surface area contributed by atoms with Crippen LogP contribution in [0.5, 0.6) is 0 Å². The zero-order valence-electron chi connectivity index (χ0n) is 14.4. The Hall–Kier alpha value is -1.45. The molecule has 0 spiro atoms. The van der Waals surface area contributed by atoms with Gasteiger partial charge in [-0.15, -0.1) is 24.0 Å². The zero-order valence-corrected chi connectivity index (χ0v) is 16.7. The molecule has 0 unspecified atom stereocenters. The highest BCUT2D eigenvalue weighted by Gasteiger charge is 2.18. The summed E-state index contributed by atoms with van der Waals surface area (Å²) < 4.78 is 0. The van der Waals surface area contributed by atoms with E-state index in [1.807, 2.05) is 0 Å². The number of carbonyl (C=O) groups is 1. The minimum Gasteiger partial charge on any atom is -0.357 e. The number of aromatic nitrogens is 2. The molecule has 2 rings (SSSR count). The lowest BCUT2D eigenvalue weighted by molar-refractivity contribution is 0.0949. The van der Waals surface area contributed by atoms with Crippen LogP contribution in [-0.2, 0) is 0 Å². The molecule has 1 aromatic rings. The van der Waals surface area contributed by atoms with Crippen LogP contribution in [0, 0.1) is 5.92 Å². The van der Waals surface area contributed by atoms with Gasteiger partial charge < -0.3 is 15.5 Å². The van der Waals surface area contributed by atoms with Crippen LogP contribution < -0.4 is 10.6 Å². The predicted octanol–water partition coefficient (Wildman–Crippen LogP) is 1.52. The Balaban J connectivity index is 0.00000288. The summed E-state index contributed by atoms with van der Waals surface area (Å²) in [5.41, 5.74) is 0.327. The van der Waals surface area contributed by atoms with Gasteiger partial charge in [-0.25, -0.2) is 4.98 Å².